The number of hydrogen-bond acceptors (Lipinski definition) is 4. The predicted molar refractivity (Wildman–Crippen MR) is 81.3 cm³/mol. The van der Waals surface area contributed by atoms with Gasteiger partial charge in [-0.3, -0.25) is 4.90 Å². The summed E-state index contributed by atoms with van der Waals surface area (Å²) >= 11 is 5.79. The van der Waals surface area contributed by atoms with E-state index in [2.05, 4.69) is 9.62 Å². The average molecular weight is 318 g/mol. The predicted octanol–water partition coefficient (Wildman–Crippen LogP) is 1.68. The van der Waals surface area contributed by atoms with Crippen molar-refractivity contribution < 1.29 is 8.42 Å². The lowest BCUT2D eigenvalue weighted by Gasteiger charge is -2.24. The van der Waals surface area contributed by atoms with E-state index in [4.69, 9.17) is 17.3 Å². The Morgan fingerprint density at radius 1 is 1.50 bits per heavy atom. The topological polar surface area (TPSA) is 75.4 Å². The van der Waals surface area contributed by atoms with Crippen LogP contribution in [0.4, 0.5) is 5.69 Å². The van der Waals surface area contributed by atoms with Crippen molar-refractivity contribution >= 4 is 27.3 Å². The lowest BCUT2D eigenvalue weighted by molar-refractivity contribution is 0.248. The fourth-order valence-electron chi connectivity index (χ4n) is 1.99. The van der Waals surface area contributed by atoms with Gasteiger partial charge in [0, 0.05) is 18.6 Å². The number of sulfonamides is 1. The Morgan fingerprint density at radius 3 is 2.70 bits per heavy atom. The Kier molecular flexibility index (Phi) is 4.59. The Morgan fingerprint density at radius 2 is 2.15 bits per heavy atom. The second-order valence-corrected chi connectivity index (χ2v) is 7.46. The van der Waals surface area contributed by atoms with Gasteiger partial charge >= 0.3 is 0 Å². The van der Waals surface area contributed by atoms with Crippen LogP contribution in [0, 0.1) is 0 Å². The summed E-state index contributed by atoms with van der Waals surface area (Å²) in [7, 11) is -1.52. The Balaban J connectivity index is 2.01. The third-order valence-corrected chi connectivity index (χ3v) is 5.43. The summed E-state index contributed by atoms with van der Waals surface area (Å²) in [5, 5.41) is 0.353. The summed E-state index contributed by atoms with van der Waals surface area (Å²) < 4.78 is 27.0. The van der Waals surface area contributed by atoms with Gasteiger partial charge in [0.05, 0.1) is 15.6 Å². The summed E-state index contributed by atoms with van der Waals surface area (Å²) in [5.41, 5.74) is 5.90. The molecule has 1 aliphatic rings. The minimum absolute atomic E-state index is 0.140. The van der Waals surface area contributed by atoms with Crippen LogP contribution in [0.3, 0.4) is 0 Å². The molecule has 0 saturated heterocycles. The minimum Gasteiger partial charge on any atom is -0.397 e. The first-order valence-corrected chi connectivity index (χ1v) is 8.44. The molecule has 1 aromatic rings. The van der Waals surface area contributed by atoms with Crippen LogP contribution >= 0.6 is 11.6 Å². The van der Waals surface area contributed by atoms with Crippen LogP contribution in [-0.2, 0) is 10.0 Å². The van der Waals surface area contributed by atoms with Crippen LogP contribution in [0.15, 0.2) is 23.1 Å². The molecule has 1 unspecified atom stereocenters. The SMILES string of the molecule is CC(CNS(=O)(=O)c1ccc(Cl)c(N)c1)N(C)C1CC1. The second-order valence-electron chi connectivity index (χ2n) is 5.28. The highest BCUT2D eigenvalue weighted by molar-refractivity contribution is 7.89. The quantitative estimate of drug-likeness (QED) is 0.783. The highest BCUT2D eigenvalue weighted by Gasteiger charge is 2.29. The molecule has 1 aromatic carbocycles. The first kappa shape index (κ1) is 15.6. The molecule has 1 fully saturated rings. The molecule has 0 radical (unpaired) electrons. The van der Waals surface area contributed by atoms with Crippen molar-refractivity contribution in [2.45, 2.75) is 36.7 Å². The van der Waals surface area contributed by atoms with Gasteiger partial charge in [-0.25, -0.2) is 13.1 Å². The fourth-order valence-corrected chi connectivity index (χ4v) is 3.26. The molecule has 1 aliphatic carbocycles. The number of rotatable bonds is 6. The highest BCUT2D eigenvalue weighted by atomic mass is 35.5. The number of benzene rings is 1. The molecule has 1 saturated carbocycles. The summed E-state index contributed by atoms with van der Waals surface area (Å²) in [6, 6.07) is 5.07. The molecule has 2 rings (SSSR count). The molecule has 0 aromatic heterocycles. The van der Waals surface area contributed by atoms with Crippen molar-refractivity contribution in [1.82, 2.24) is 9.62 Å². The Hall–Kier alpha value is -0.820. The van der Waals surface area contributed by atoms with Gasteiger partial charge in [0.15, 0.2) is 0 Å². The zero-order valence-electron chi connectivity index (χ0n) is 11.6. The number of anilines is 1. The molecule has 5 nitrogen and oxygen atoms in total. The van der Waals surface area contributed by atoms with Gasteiger partial charge in [-0.15, -0.1) is 0 Å². The monoisotopic (exact) mass is 317 g/mol. The third-order valence-electron chi connectivity index (χ3n) is 3.66. The molecule has 3 N–H and O–H groups in total. The zero-order valence-corrected chi connectivity index (χ0v) is 13.2. The smallest absolute Gasteiger partial charge is 0.240 e. The van der Waals surface area contributed by atoms with Crippen molar-refractivity contribution in [3.63, 3.8) is 0 Å². The maximum Gasteiger partial charge on any atom is 0.240 e. The van der Waals surface area contributed by atoms with E-state index in [9.17, 15) is 8.42 Å². The number of halogens is 1. The van der Waals surface area contributed by atoms with Crippen LogP contribution in [0.5, 0.6) is 0 Å². The van der Waals surface area contributed by atoms with Crippen molar-refractivity contribution in [2.75, 3.05) is 19.3 Å². The van der Waals surface area contributed by atoms with Gasteiger partial charge in [0.25, 0.3) is 0 Å². The van der Waals surface area contributed by atoms with E-state index in [1.165, 1.54) is 31.0 Å². The Labute approximate surface area is 125 Å². The molecule has 1 atom stereocenters. The van der Waals surface area contributed by atoms with Crippen LogP contribution < -0.4 is 10.5 Å². The van der Waals surface area contributed by atoms with Gasteiger partial charge in [0.1, 0.15) is 0 Å². The van der Waals surface area contributed by atoms with Crippen molar-refractivity contribution in [1.29, 1.82) is 0 Å². The van der Waals surface area contributed by atoms with E-state index in [0.717, 1.165) is 0 Å². The molecular weight excluding hydrogens is 298 g/mol. The van der Waals surface area contributed by atoms with Crippen LogP contribution in [-0.4, -0.2) is 39.0 Å². The molecule has 0 amide bonds. The number of likely N-dealkylation sites (N-methyl/N-ethyl adjacent to an activating group) is 1. The first-order valence-electron chi connectivity index (χ1n) is 6.58. The number of nitrogens with two attached hydrogens (primary N) is 1. The van der Waals surface area contributed by atoms with Gasteiger partial charge in [-0.1, -0.05) is 11.6 Å². The number of nitrogens with zero attached hydrogens (tertiary/aromatic N) is 1. The minimum atomic E-state index is -3.55. The normalized spacial score (nSPS) is 17.4. The maximum atomic E-state index is 12.2. The molecule has 7 heteroatoms. The lowest BCUT2D eigenvalue weighted by atomic mass is 10.3. The number of hydrogen-bond donors (Lipinski definition) is 2. The summed E-state index contributed by atoms with van der Waals surface area (Å²) in [6.45, 7) is 2.38. The lowest BCUT2D eigenvalue weighted by Crippen LogP contribution is -2.41. The molecule has 0 heterocycles. The van der Waals surface area contributed by atoms with Gasteiger partial charge < -0.3 is 5.73 Å². The van der Waals surface area contributed by atoms with Crippen LogP contribution in [0.25, 0.3) is 0 Å². The number of nitrogen functional groups attached to an aromatic ring is 1. The summed E-state index contributed by atoms with van der Waals surface area (Å²) in [5.74, 6) is 0. The van der Waals surface area contributed by atoms with Crippen molar-refractivity contribution in [3.05, 3.63) is 23.2 Å². The molecule has 0 aliphatic heterocycles. The van der Waals surface area contributed by atoms with E-state index in [-0.39, 0.29) is 16.6 Å². The standard InChI is InChI=1S/C13H20ClN3O2S/c1-9(17(2)10-3-4-10)8-16-20(18,19)11-5-6-12(14)13(15)7-11/h5-7,9-10,16H,3-4,8,15H2,1-2H3. The molecule has 20 heavy (non-hydrogen) atoms. The maximum absolute atomic E-state index is 12.2. The summed E-state index contributed by atoms with van der Waals surface area (Å²) in [6.07, 6.45) is 2.39. The van der Waals surface area contributed by atoms with E-state index in [0.29, 0.717) is 17.6 Å². The molecule has 112 valence electrons. The van der Waals surface area contributed by atoms with Gasteiger partial charge in [0.2, 0.25) is 10.0 Å². The van der Waals surface area contributed by atoms with Gasteiger partial charge in [-0.2, -0.15) is 0 Å². The van der Waals surface area contributed by atoms with Crippen LogP contribution in [0.1, 0.15) is 19.8 Å². The van der Waals surface area contributed by atoms with Crippen LogP contribution in [0.2, 0.25) is 5.02 Å². The molecule has 0 spiro atoms. The van der Waals surface area contributed by atoms with Gasteiger partial charge in [-0.05, 0) is 45.0 Å². The first-order chi connectivity index (χ1) is 9.31. The third kappa shape index (κ3) is 3.63. The molecule has 0 bridgehead atoms. The van der Waals surface area contributed by atoms with E-state index in [1.807, 2.05) is 14.0 Å². The second kappa shape index (κ2) is 5.89. The summed E-state index contributed by atoms with van der Waals surface area (Å²) in [4.78, 5) is 2.35. The van der Waals surface area contributed by atoms with Crippen molar-refractivity contribution in [3.8, 4) is 0 Å². The number of nitrogens with one attached hydrogen (secondary N) is 1. The van der Waals surface area contributed by atoms with E-state index < -0.39 is 10.0 Å². The average Bonchev–Trinajstić information content (AvgIpc) is 3.22. The van der Waals surface area contributed by atoms with Crippen molar-refractivity contribution in [2.24, 2.45) is 0 Å². The Bertz CT molecular complexity index is 587. The molecular formula is C13H20ClN3O2S. The fraction of sp³-hybridized carbons (Fsp3) is 0.538. The van der Waals surface area contributed by atoms with E-state index in [1.54, 1.807) is 0 Å². The largest absolute Gasteiger partial charge is 0.397 e. The zero-order chi connectivity index (χ0) is 14.9. The highest BCUT2D eigenvalue weighted by Crippen LogP contribution is 2.27. The van der Waals surface area contributed by atoms with E-state index >= 15 is 0 Å².